The first-order chi connectivity index (χ1) is 16.9. The SMILES string of the molecule is NC1CCC(N(Cc2ccc(NC(=O)c3ccc([N+](=O)[O-])cc3)cc2)C(=O)c2ccccc2)CC1. The summed E-state index contributed by atoms with van der Waals surface area (Å²) < 4.78 is 0. The first kappa shape index (κ1) is 24.1. The van der Waals surface area contributed by atoms with Crippen molar-refractivity contribution in [3.63, 3.8) is 0 Å². The number of nitrogens with zero attached hydrogens (tertiary/aromatic N) is 2. The normalized spacial score (nSPS) is 17.4. The first-order valence-corrected chi connectivity index (χ1v) is 11.7. The maximum Gasteiger partial charge on any atom is 0.269 e. The fourth-order valence-corrected chi connectivity index (χ4v) is 4.35. The Morgan fingerprint density at radius 3 is 2.11 bits per heavy atom. The van der Waals surface area contributed by atoms with Crippen LogP contribution in [0, 0.1) is 10.1 Å². The number of amides is 2. The van der Waals surface area contributed by atoms with Crippen molar-refractivity contribution in [2.24, 2.45) is 5.73 Å². The third-order valence-electron chi connectivity index (χ3n) is 6.37. The topological polar surface area (TPSA) is 119 Å². The van der Waals surface area contributed by atoms with Crippen LogP contribution in [0.5, 0.6) is 0 Å². The van der Waals surface area contributed by atoms with Gasteiger partial charge in [-0.15, -0.1) is 0 Å². The molecule has 35 heavy (non-hydrogen) atoms. The van der Waals surface area contributed by atoms with Crippen molar-refractivity contribution in [2.75, 3.05) is 5.32 Å². The second-order valence-corrected chi connectivity index (χ2v) is 8.82. The van der Waals surface area contributed by atoms with Crippen molar-refractivity contribution in [3.05, 3.63) is 106 Å². The monoisotopic (exact) mass is 472 g/mol. The summed E-state index contributed by atoms with van der Waals surface area (Å²) >= 11 is 0. The van der Waals surface area contributed by atoms with Crippen LogP contribution in [-0.2, 0) is 6.54 Å². The summed E-state index contributed by atoms with van der Waals surface area (Å²) in [6.45, 7) is 0.463. The number of anilines is 1. The number of hydrogen-bond donors (Lipinski definition) is 2. The maximum atomic E-state index is 13.4. The van der Waals surface area contributed by atoms with E-state index in [1.807, 2.05) is 47.4 Å². The molecule has 0 heterocycles. The van der Waals surface area contributed by atoms with Crippen LogP contribution in [0.2, 0.25) is 0 Å². The average Bonchev–Trinajstić information content (AvgIpc) is 2.89. The highest BCUT2D eigenvalue weighted by Gasteiger charge is 2.28. The molecule has 0 aromatic heterocycles. The van der Waals surface area contributed by atoms with Gasteiger partial charge in [0, 0.05) is 47.6 Å². The zero-order valence-corrected chi connectivity index (χ0v) is 19.3. The van der Waals surface area contributed by atoms with Crippen LogP contribution < -0.4 is 11.1 Å². The lowest BCUT2D eigenvalue weighted by molar-refractivity contribution is -0.384. The number of hydrogen-bond acceptors (Lipinski definition) is 5. The van der Waals surface area contributed by atoms with Gasteiger partial charge in [0.25, 0.3) is 17.5 Å². The van der Waals surface area contributed by atoms with E-state index in [0.29, 0.717) is 23.4 Å². The Morgan fingerprint density at radius 1 is 0.886 bits per heavy atom. The van der Waals surface area contributed by atoms with Crippen LogP contribution in [0.25, 0.3) is 0 Å². The molecule has 3 N–H and O–H groups in total. The van der Waals surface area contributed by atoms with E-state index in [9.17, 15) is 19.7 Å². The highest BCUT2D eigenvalue weighted by molar-refractivity contribution is 6.04. The molecule has 0 spiro atoms. The maximum absolute atomic E-state index is 13.4. The summed E-state index contributed by atoms with van der Waals surface area (Å²) in [4.78, 5) is 38.1. The molecule has 3 aromatic rings. The Hall–Kier alpha value is -4.04. The molecule has 1 fully saturated rings. The van der Waals surface area contributed by atoms with Gasteiger partial charge in [-0.25, -0.2) is 0 Å². The van der Waals surface area contributed by atoms with Crippen LogP contribution in [0.4, 0.5) is 11.4 Å². The first-order valence-electron chi connectivity index (χ1n) is 11.7. The van der Waals surface area contributed by atoms with Gasteiger partial charge in [0.2, 0.25) is 0 Å². The molecule has 180 valence electrons. The Bertz CT molecular complexity index is 1170. The van der Waals surface area contributed by atoms with Gasteiger partial charge in [0.1, 0.15) is 0 Å². The summed E-state index contributed by atoms with van der Waals surface area (Å²) in [6.07, 6.45) is 3.56. The zero-order chi connectivity index (χ0) is 24.8. The van der Waals surface area contributed by atoms with Crippen molar-refractivity contribution in [1.82, 2.24) is 4.90 Å². The number of non-ortho nitro benzene ring substituents is 1. The van der Waals surface area contributed by atoms with Crippen molar-refractivity contribution >= 4 is 23.2 Å². The molecular formula is C27H28N4O4. The van der Waals surface area contributed by atoms with E-state index in [0.717, 1.165) is 31.2 Å². The van der Waals surface area contributed by atoms with E-state index in [4.69, 9.17) is 5.73 Å². The zero-order valence-electron chi connectivity index (χ0n) is 19.3. The Labute approximate surface area is 203 Å². The van der Waals surface area contributed by atoms with Gasteiger partial charge in [0.15, 0.2) is 0 Å². The Kier molecular flexibility index (Phi) is 7.52. The summed E-state index contributed by atoms with van der Waals surface area (Å²) in [6, 6.07) is 22.4. The van der Waals surface area contributed by atoms with Crippen molar-refractivity contribution in [3.8, 4) is 0 Å². The second-order valence-electron chi connectivity index (χ2n) is 8.82. The molecule has 8 heteroatoms. The minimum absolute atomic E-state index is 0.00150. The predicted octanol–water partition coefficient (Wildman–Crippen LogP) is 4.76. The van der Waals surface area contributed by atoms with Crippen LogP contribution in [-0.4, -0.2) is 33.7 Å². The minimum atomic E-state index is -0.506. The lowest BCUT2D eigenvalue weighted by Crippen LogP contribution is -2.43. The van der Waals surface area contributed by atoms with Gasteiger partial charge in [-0.3, -0.25) is 19.7 Å². The van der Waals surface area contributed by atoms with Crippen molar-refractivity contribution < 1.29 is 14.5 Å². The summed E-state index contributed by atoms with van der Waals surface area (Å²) in [5.74, 6) is -0.353. The molecule has 1 aliphatic carbocycles. The molecule has 4 rings (SSSR count). The van der Waals surface area contributed by atoms with Crippen LogP contribution >= 0.6 is 0 Å². The third kappa shape index (κ3) is 6.10. The Morgan fingerprint density at radius 2 is 1.51 bits per heavy atom. The molecule has 0 saturated heterocycles. The molecule has 0 aliphatic heterocycles. The standard InChI is InChI=1S/C27H28N4O4/c28-22-10-16-24(17-11-22)30(27(33)21-4-2-1-3-5-21)18-19-6-12-23(13-7-19)29-26(32)20-8-14-25(15-9-20)31(34)35/h1-9,12-15,22,24H,10-11,16-18,28H2,(H,29,32). The largest absolute Gasteiger partial charge is 0.331 e. The van der Waals surface area contributed by atoms with Gasteiger partial charge >= 0.3 is 0 Å². The molecule has 0 radical (unpaired) electrons. The summed E-state index contributed by atoms with van der Waals surface area (Å²) in [5.41, 5.74) is 8.56. The summed E-state index contributed by atoms with van der Waals surface area (Å²) in [5, 5.41) is 13.6. The van der Waals surface area contributed by atoms with Gasteiger partial charge in [0.05, 0.1) is 4.92 Å². The Balaban J connectivity index is 1.45. The number of carbonyl (C=O) groups is 2. The number of nitrogens with one attached hydrogen (secondary N) is 1. The lowest BCUT2D eigenvalue weighted by atomic mass is 9.90. The van der Waals surface area contributed by atoms with Gasteiger partial charge in [-0.2, -0.15) is 0 Å². The molecule has 2 amide bonds. The van der Waals surface area contributed by atoms with Gasteiger partial charge < -0.3 is 16.0 Å². The third-order valence-corrected chi connectivity index (χ3v) is 6.37. The molecule has 3 aromatic carbocycles. The number of rotatable bonds is 7. The number of carbonyl (C=O) groups excluding carboxylic acids is 2. The van der Waals surface area contributed by atoms with E-state index < -0.39 is 4.92 Å². The smallest absolute Gasteiger partial charge is 0.269 e. The fraction of sp³-hybridized carbons (Fsp3) is 0.259. The van der Waals surface area contributed by atoms with Crippen LogP contribution in [0.15, 0.2) is 78.9 Å². The second kappa shape index (κ2) is 10.9. The van der Waals surface area contributed by atoms with E-state index in [2.05, 4.69) is 5.32 Å². The molecule has 0 atom stereocenters. The van der Waals surface area contributed by atoms with Crippen molar-refractivity contribution in [1.29, 1.82) is 0 Å². The fourth-order valence-electron chi connectivity index (χ4n) is 4.35. The highest BCUT2D eigenvalue weighted by atomic mass is 16.6. The van der Waals surface area contributed by atoms with Gasteiger partial charge in [-0.05, 0) is 67.6 Å². The molecular weight excluding hydrogens is 444 g/mol. The number of nitro benzene ring substituents is 1. The van der Waals surface area contributed by atoms with E-state index in [1.165, 1.54) is 24.3 Å². The molecule has 0 bridgehead atoms. The van der Waals surface area contributed by atoms with Crippen LogP contribution in [0.1, 0.15) is 52.0 Å². The van der Waals surface area contributed by atoms with Gasteiger partial charge in [-0.1, -0.05) is 30.3 Å². The molecule has 1 saturated carbocycles. The van der Waals surface area contributed by atoms with Crippen LogP contribution in [0.3, 0.4) is 0 Å². The lowest BCUT2D eigenvalue weighted by Gasteiger charge is -2.36. The molecule has 0 unspecified atom stereocenters. The van der Waals surface area contributed by atoms with E-state index >= 15 is 0 Å². The predicted molar refractivity (Wildman–Crippen MR) is 134 cm³/mol. The molecule has 8 nitrogen and oxygen atoms in total. The molecule has 1 aliphatic rings. The summed E-state index contributed by atoms with van der Waals surface area (Å²) in [7, 11) is 0. The average molecular weight is 473 g/mol. The number of nitrogens with two attached hydrogens (primary N) is 1. The van der Waals surface area contributed by atoms with E-state index in [-0.39, 0.29) is 29.6 Å². The highest BCUT2D eigenvalue weighted by Crippen LogP contribution is 2.26. The number of benzene rings is 3. The minimum Gasteiger partial charge on any atom is -0.331 e. The van der Waals surface area contributed by atoms with Crippen molar-refractivity contribution in [2.45, 2.75) is 44.3 Å². The quantitative estimate of drug-likeness (QED) is 0.380. The number of nitro groups is 1. The van der Waals surface area contributed by atoms with E-state index in [1.54, 1.807) is 12.1 Å².